The molecule has 0 amide bonds. The smallest absolute Gasteiger partial charge is 0.207 e. The number of halogens is 1. The van der Waals surface area contributed by atoms with Crippen molar-refractivity contribution in [1.29, 1.82) is 0 Å². The van der Waals surface area contributed by atoms with Gasteiger partial charge in [-0.25, -0.2) is 8.42 Å². The van der Waals surface area contributed by atoms with Crippen molar-refractivity contribution in [2.75, 3.05) is 13.1 Å². The Kier molecular flexibility index (Phi) is 4.53. The third-order valence-corrected chi connectivity index (χ3v) is 4.34. The van der Waals surface area contributed by atoms with Gasteiger partial charge in [0, 0.05) is 18.1 Å². The van der Waals surface area contributed by atoms with Crippen molar-refractivity contribution < 1.29 is 8.42 Å². The predicted molar refractivity (Wildman–Crippen MR) is 66.1 cm³/mol. The molecule has 1 rings (SSSR count). The Balaban J connectivity index is 3.09. The van der Waals surface area contributed by atoms with E-state index >= 15 is 0 Å². The van der Waals surface area contributed by atoms with Crippen LogP contribution in [0.2, 0.25) is 5.02 Å². The molecule has 0 atom stereocenters. The van der Waals surface area contributed by atoms with Gasteiger partial charge in [-0.3, -0.25) is 0 Å². The Morgan fingerprint density at radius 3 is 2.38 bits per heavy atom. The fraction of sp³-hybridized carbons (Fsp3) is 0.273. The van der Waals surface area contributed by atoms with Crippen LogP contribution >= 0.6 is 11.6 Å². The number of nitrogens with zero attached hydrogens (tertiary/aromatic N) is 1. The monoisotopic (exact) mass is 259 g/mol. The highest BCUT2D eigenvalue weighted by Crippen LogP contribution is 2.18. The van der Waals surface area contributed by atoms with Crippen LogP contribution in [-0.2, 0) is 10.0 Å². The molecule has 0 fully saturated rings. The van der Waals surface area contributed by atoms with Crippen LogP contribution in [0.3, 0.4) is 0 Å². The Labute approximate surface area is 101 Å². The van der Waals surface area contributed by atoms with E-state index in [4.69, 9.17) is 11.6 Å². The third-order valence-electron chi connectivity index (χ3n) is 2.14. The van der Waals surface area contributed by atoms with Gasteiger partial charge < -0.3 is 0 Å². The number of sulfonamides is 1. The van der Waals surface area contributed by atoms with Gasteiger partial charge in [-0.1, -0.05) is 24.6 Å². The van der Waals surface area contributed by atoms with Gasteiger partial charge in [0.15, 0.2) is 0 Å². The molecule has 0 bridgehead atoms. The first kappa shape index (κ1) is 13.2. The van der Waals surface area contributed by atoms with Gasteiger partial charge in [0.1, 0.15) is 0 Å². The Morgan fingerprint density at radius 2 is 1.94 bits per heavy atom. The molecule has 0 spiro atoms. The van der Waals surface area contributed by atoms with Gasteiger partial charge in [-0.05, 0) is 24.3 Å². The number of hydrogen-bond acceptors (Lipinski definition) is 2. The number of benzene rings is 1. The van der Waals surface area contributed by atoms with Crippen LogP contribution in [-0.4, -0.2) is 25.8 Å². The first-order valence-electron chi connectivity index (χ1n) is 4.89. The van der Waals surface area contributed by atoms with Gasteiger partial charge in [0.2, 0.25) is 10.0 Å². The van der Waals surface area contributed by atoms with Crippen LogP contribution in [0.5, 0.6) is 0 Å². The summed E-state index contributed by atoms with van der Waals surface area (Å²) in [5, 5.41) is 0.519. The summed E-state index contributed by atoms with van der Waals surface area (Å²) in [6.07, 6.45) is 1.57. The summed E-state index contributed by atoms with van der Waals surface area (Å²) in [6, 6.07) is 6.14. The Morgan fingerprint density at radius 1 is 1.38 bits per heavy atom. The van der Waals surface area contributed by atoms with Crippen molar-refractivity contribution in [1.82, 2.24) is 4.31 Å². The van der Waals surface area contributed by atoms with Crippen LogP contribution in [0.1, 0.15) is 6.92 Å². The molecule has 0 aliphatic heterocycles. The van der Waals surface area contributed by atoms with E-state index in [1.165, 1.54) is 16.4 Å². The fourth-order valence-electron chi connectivity index (χ4n) is 1.30. The van der Waals surface area contributed by atoms with Gasteiger partial charge in [-0.15, -0.1) is 6.58 Å². The standard InChI is InChI=1S/C11H14ClNO2S/c1-3-9-13(4-2)16(14,15)11-7-5-10(12)6-8-11/h3,5-8H,1,4,9H2,2H3. The molecular weight excluding hydrogens is 246 g/mol. The van der Waals surface area contributed by atoms with E-state index in [2.05, 4.69) is 6.58 Å². The Hall–Kier alpha value is -0.840. The van der Waals surface area contributed by atoms with E-state index in [0.29, 0.717) is 18.1 Å². The van der Waals surface area contributed by atoms with Gasteiger partial charge in [0.05, 0.1) is 4.90 Å². The third kappa shape index (κ3) is 2.84. The van der Waals surface area contributed by atoms with Gasteiger partial charge in [-0.2, -0.15) is 4.31 Å². The maximum atomic E-state index is 12.1. The molecule has 0 heterocycles. The predicted octanol–water partition coefficient (Wildman–Crippen LogP) is 2.54. The molecule has 1 aromatic carbocycles. The minimum absolute atomic E-state index is 0.251. The van der Waals surface area contributed by atoms with E-state index in [1.54, 1.807) is 25.1 Å². The van der Waals surface area contributed by atoms with E-state index in [1.807, 2.05) is 0 Å². The van der Waals surface area contributed by atoms with E-state index < -0.39 is 10.0 Å². The van der Waals surface area contributed by atoms with Gasteiger partial charge >= 0.3 is 0 Å². The van der Waals surface area contributed by atoms with Crippen LogP contribution < -0.4 is 0 Å². The molecule has 0 aliphatic carbocycles. The first-order valence-corrected chi connectivity index (χ1v) is 6.70. The summed E-state index contributed by atoms with van der Waals surface area (Å²) in [6.45, 7) is 6.05. The second kappa shape index (κ2) is 5.48. The zero-order chi connectivity index (χ0) is 12.2. The van der Waals surface area contributed by atoms with E-state index in [9.17, 15) is 8.42 Å². The summed E-state index contributed by atoms with van der Waals surface area (Å²) in [5.41, 5.74) is 0. The number of rotatable bonds is 5. The maximum absolute atomic E-state index is 12.1. The first-order chi connectivity index (χ1) is 7.52. The normalized spacial score (nSPS) is 11.7. The minimum Gasteiger partial charge on any atom is -0.207 e. The average molecular weight is 260 g/mol. The quantitative estimate of drug-likeness (QED) is 0.762. The molecule has 5 heteroatoms. The van der Waals surface area contributed by atoms with Crippen molar-refractivity contribution in [3.63, 3.8) is 0 Å². The zero-order valence-corrected chi connectivity index (χ0v) is 10.6. The van der Waals surface area contributed by atoms with Crippen LogP contribution in [0, 0.1) is 0 Å². The summed E-state index contributed by atoms with van der Waals surface area (Å²) in [5.74, 6) is 0. The SMILES string of the molecule is C=CCN(CC)S(=O)(=O)c1ccc(Cl)cc1. The number of likely N-dealkylation sites (N-methyl/N-ethyl adjacent to an activating group) is 1. The van der Waals surface area contributed by atoms with Crippen molar-refractivity contribution in [2.24, 2.45) is 0 Å². The Bertz CT molecular complexity index is 453. The number of hydrogen-bond donors (Lipinski definition) is 0. The minimum atomic E-state index is -3.43. The topological polar surface area (TPSA) is 37.4 Å². The van der Waals surface area contributed by atoms with Crippen molar-refractivity contribution in [2.45, 2.75) is 11.8 Å². The van der Waals surface area contributed by atoms with Gasteiger partial charge in [0.25, 0.3) is 0 Å². The fourth-order valence-corrected chi connectivity index (χ4v) is 2.84. The molecule has 0 aliphatic rings. The molecule has 0 aromatic heterocycles. The summed E-state index contributed by atoms with van der Waals surface area (Å²) in [7, 11) is -3.43. The average Bonchev–Trinajstić information content (AvgIpc) is 2.26. The molecule has 0 unspecified atom stereocenters. The summed E-state index contributed by atoms with van der Waals surface area (Å²) < 4.78 is 25.5. The zero-order valence-electron chi connectivity index (χ0n) is 9.06. The van der Waals surface area contributed by atoms with Crippen molar-refractivity contribution in [3.8, 4) is 0 Å². The highest BCUT2D eigenvalue weighted by atomic mass is 35.5. The van der Waals surface area contributed by atoms with E-state index in [0.717, 1.165) is 0 Å². The van der Waals surface area contributed by atoms with Crippen LogP contribution in [0.4, 0.5) is 0 Å². The molecule has 0 saturated heterocycles. The molecule has 1 aromatic rings. The lowest BCUT2D eigenvalue weighted by molar-refractivity contribution is 0.460. The lowest BCUT2D eigenvalue weighted by Crippen LogP contribution is -2.30. The molecule has 88 valence electrons. The highest BCUT2D eigenvalue weighted by Gasteiger charge is 2.21. The molecule has 16 heavy (non-hydrogen) atoms. The van der Waals surface area contributed by atoms with Crippen LogP contribution in [0.25, 0.3) is 0 Å². The lowest BCUT2D eigenvalue weighted by Gasteiger charge is -2.18. The molecular formula is C11H14ClNO2S. The molecule has 3 nitrogen and oxygen atoms in total. The second-order valence-electron chi connectivity index (χ2n) is 3.20. The van der Waals surface area contributed by atoms with Crippen molar-refractivity contribution in [3.05, 3.63) is 41.9 Å². The maximum Gasteiger partial charge on any atom is 0.243 e. The van der Waals surface area contributed by atoms with Crippen molar-refractivity contribution >= 4 is 21.6 Å². The molecule has 0 N–H and O–H groups in total. The highest BCUT2D eigenvalue weighted by molar-refractivity contribution is 7.89. The van der Waals surface area contributed by atoms with E-state index in [-0.39, 0.29) is 4.90 Å². The lowest BCUT2D eigenvalue weighted by atomic mass is 10.4. The largest absolute Gasteiger partial charge is 0.243 e. The summed E-state index contributed by atoms with van der Waals surface area (Å²) >= 11 is 5.71. The molecule has 0 saturated carbocycles. The summed E-state index contributed by atoms with van der Waals surface area (Å²) in [4.78, 5) is 0.251. The van der Waals surface area contributed by atoms with Crippen LogP contribution in [0.15, 0.2) is 41.8 Å². The second-order valence-corrected chi connectivity index (χ2v) is 5.57. The molecule has 0 radical (unpaired) electrons.